The fourth-order valence-corrected chi connectivity index (χ4v) is 2.51. The lowest BCUT2D eigenvalue weighted by atomic mass is 10.0. The summed E-state index contributed by atoms with van der Waals surface area (Å²) in [5.74, 6) is -0.00519. The quantitative estimate of drug-likeness (QED) is 0.656. The number of nitrogen functional groups attached to an aromatic ring is 1. The van der Waals surface area contributed by atoms with Crippen LogP contribution in [0.3, 0.4) is 0 Å². The van der Waals surface area contributed by atoms with Crippen molar-refractivity contribution in [1.82, 2.24) is 0 Å². The maximum Gasteiger partial charge on any atom is 0.203 e. The van der Waals surface area contributed by atoms with E-state index in [1.807, 2.05) is 6.92 Å². The molecular formula is C12H10ClNOS. The van der Waals surface area contributed by atoms with Gasteiger partial charge in [-0.1, -0.05) is 11.6 Å². The van der Waals surface area contributed by atoms with E-state index in [0.717, 1.165) is 5.56 Å². The molecule has 4 heteroatoms. The third kappa shape index (κ3) is 2.10. The lowest BCUT2D eigenvalue weighted by Gasteiger charge is -2.03. The highest BCUT2D eigenvalue weighted by atomic mass is 35.5. The highest BCUT2D eigenvalue weighted by Crippen LogP contribution is 2.25. The van der Waals surface area contributed by atoms with Crippen molar-refractivity contribution in [3.05, 3.63) is 50.7 Å². The minimum atomic E-state index is -0.00519. The second-order valence-corrected chi connectivity index (χ2v) is 5.22. The smallest absolute Gasteiger partial charge is 0.203 e. The topological polar surface area (TPSA) is 43.1 Å². The van der Waals surface area contributed by atoms with Gasteiger partial charge in [0.25, 0.3) is 0 Å². The number of anilines is 1. The maximum absolute atomic E-state index is 12.1. The summed E-state index contributed by atoms with van der Waals surface area (Å²) in [6.45, 7) is 1.87. The Balaban J connectivity index is 2.41. The standard InChI is InChI=1S/C12H10ClNOS/c1-7-6-8(14)2-3-9(7)12(15)10-4-5-11(13)16-10/h2-6H,14H2,1H3. The van der Waals surface area contributed by atoms with Gasteiger partial charge in [0.05, 0.1) is 9.21 Å². The number of ketones is 1. The van der Waals surface area contributed by atoms with Gasteiger partial charge >= 0.3 is 0 Å². The van der Waals surface area contributed by atoms with Crippen LogP contribution in [0.25, 0.3) is 0 Å². The van der Waals surface area contributed by atoms with E-state index in [4.69, 9.17) is 17.3 Å². The van der Waals surface area contributed by atoms with Crippen molar-refractivity contribution in [1.29, 1.82) is 0 Å². The van der Waals surface area contributed by atoms with Gasteiger partial charge in [-0.25, -0.2) is 0 Å². The van der Waals surface area contributed by atoms with Gasteiger partial charge in [0, 0.05) is 11.3 Å². The minimum Gasteiger partial charge on any atom is -0.399 e. The summed E-state index contributed by atoms with van der Waals surface area (Å²) in [6, 6.07) is 8.75. The molecule has 0 radical (unpaired) electrons. The molecule has 0 fully saturated rings. The molecule has 0 bridgehead atoms. The zero-order chi connectivity index (χ0) is 11.7. The molecule has 0 saturated carbocycles. The van der Waals surface area contributed by atoms with E-state index in [1.165, 1.54) is 11.3 Å². The van der Waals surface area contributed by atoms with Gasteiger partial charge in [-0.2, -0.15) is 0 Å². The monoisotopic (exact) mass is 251 g/mol. The highest BCUT2D eigenvalue weighted by molar-refractivity contribution is 7.18. The molecule has 0 unspecified atom stereocenters. The van der Waals surface area contributed by atoms with Crippen LogP contribution >= 0.6 is 22.9 Å². The summed E-state index contributed by atoms with van der Waals surface area (Å²) in [5, 5.41) is 0. The average molecular weight is 252 g/mol. The van der Waals surface area contributed by atoms with Crippen LogP contribution in [0, 0.1) is 6.92 Å². The lowest BCUT2D eigenvalue weighted by molar-refractivity contribution is 0.104. The van der Waals surface area contributed by atoms with E-state index >= 15 is 0 Å². The van der Waals surface area contributed by atoms with Crippen LogP contribution in [0.4, 0.5) is 5.69 Å². The summed E-state index contributed by atoms with van der Waals surface area (Å²) in [4.78, 5) is 12.8. The zero-order valence-corrected chi connectivity index (χ0v) is 10.2. The second-order valence-electron chi connectivity index (χ2n) is 3.51. The number of halogens is 1. The first-order valence-electron chi connectivity index (χ1n) is 4.74. The van der Waals surface area contributed by atoms with E-state index < -0.39 is 0 Å². The van der Waals surface area contributed by atoms with Gasteiger partial charge in [0.15, 0.2) is 0 Å². The molecule has 0 saturated heterocycles. The van der Waals surface area contributed by atoms with Crippen molar-refractivity contribution in [2.75, 3.05) is 5.73 Å². The molecule has 2 aromatic rings. The summed E-state index contributed by atoms with van der Waals surface area (Å²) >= 11 is 7.09. The number of hydrogen-bond acceptors (Lipinski definition) is 3. The van der Waals surface area contributed by atoms with Gasteiger partial charge < -0.3 is 5.73 Å². The fraction of sp³-hybridized carbons (Fsp3) is 0.0833. The van der Waals surface area contributed by atoms with E-state index in [0.29, 0.717) is 20.5 Å². The van der Waals surface area contributed by atoms with Crippen molar-refractivity contribution in [2.45, 2.75) is 6.92 Å². The normalized spacial score (nSPS) is 10.4. The molecule has 0 amide bonds. The maximum atomic E-state index is 12.1. The van der Waals surface area contributed by atoms with Gasteiger partial charge in [0.2, 0.25) is 5.78 Å². The molecular weight excluding hydrogens is 242 g/mol. The first-order valence-corrected chi connectivity index (χ1v) is 5.93. The molecule has 16 heavy (non-hydrogen) atoms. The van der Waals surface area contributed by atoms with Crippen molar-refractivity contribution >= 4 is 34.4 Å². The van der Waals surface area contributed by atoms with Crippen LogP contribution in [-0.4, -0.2) is 5.78 Å². The molecule has 0 spiro atoms. The Morgan fingerprint density at radius 2 is 2.06 bits per heavy atom. The zero-order valence-electron chi connectivity index (χ0n) is 8.66. The predicted molar refractivity (Wildman–Crippen MR) is 68.4 cm³/mol. The van der Waals surface area contributed by atoms with Crippen LogP contribution < -0.4 is 5.73 Å². The molecule has 1 aromatic carbocycles. The molecule has 2 nitrogen and oxygen atoms in total. The molecule has 1 heterocycles. The predicted octanol–water partition coefficient (Wildman–Crippen LogP) is 3.52. The Kier molecular flexibility index (Phi) is 2.99. The summed E-state index contributed by atoms with van der Waals surface area (Å²) in [5.41, 5.74) is 7.86. The third-order valence-corrected chi connectivity index (χ3v) is 3.52. The number of carbonyl (C=O) groups is 1. The Morgan fingerprint density at radius 1 is 1.31 bits per heavy atom. The van der Waals surface area contributed by atoms with Crippen molar-refractivity contribution in [2.24, 2.45) is 0 Å². The molecule has 1 aromatic heterocycles. The number of carbonyl (C=O) groups excluding carboxylic acids is 1. The number of nitrogens with two attached hydrogens (primary N) is 1. The van der Waals surface area contributed by atoms with Crippen LogP contribution in [-0.2, 0) is 0 Å². The lowest BCUT2D eigenvalue weighted by Crippen LogP contribution is -2.02. The van der Waals surface area contributed by atoms with Crippen molar-refractivity contribution in [3.8, 4) is 0 Å². The van der Waals surface area contributed by atoms with Crippen LogP contribution in [0.2, 0.25) is 4.34 Å². The number of thiophene rings is 1. The molecule has 0 atom stereocenters. The van der Waals surface area contributed by atoms with Gasteiger partial charge in [-0.3, -0.25) is 4.79 Å². The van der Waals surface area contributed by atoms with Gasteiger partial charge in [-0.15, -0.1) is 11.3 Å². The Bertz CT molecular complexity index is 548. The molecule has 0 aliphatic rings. The van der Waals surface area contributed by atoms with Gasteiger partial charge in [-0.05, 0) is 42.8 Å². The molecule has 0 aliphatic carbocycles. The second kappa shape index (κ2) is 4.28. The third-order valence-electron chi connectivity index (χ3n) is 2.29. The van der Waals surface area contributed by atoms with Crippen molar-refractivity contribution in [3.63, 3.8) is 0 Å². The first-order chi connectivity index (χ1) is 7.58. The molecule has 2 N–H and O–H groups in total. The van der Waals surface area contributed by atoms with E-state index in [9.17, 15) is 4.79 Å². The fourth-order valence-electron chi connectivity index (χ4n) is 1.51. The molecule has 0 aliphatic heterocycles. The van der Waals surface area contributed by atoms with Gasteiger partial charge in [0.1, 0.15) is 0 Å². The molecule has 82 valence electrons. The Morgan fingerprint density at radius 3 is 2.62 bits per heavy atom. The number of hydrogen-bond donors (Lipinski definition) is 1. The van der Waals surface area contributed by atoms with Crippen LogP contribution in [0.15, 0.2) is 30.3 Å². The van der Waals surface area contributed by atoms with E-state index in [1.54, 1.807) is 30.3 Å². The summed E-state index contributed by atoms with van der Waals surface area (Å²) < 4.78 is 0.622. The first kappa shape index (κ1) is 11.2. The Hall–Kier alpha value is -1.32. The minimum absolute atomic E-state index is 0.00519. The number of rotatable bonds is 2. The largest absolute Gasteiger partial charge is 0.399 e. The Labute approximate surface area is 103 Å². The van der Waals surface area contributed by atoms with Crippen molar-refractivity contribution < 1.29 is 4.79 Å². The molecule has 2 rings (SSSR count). The van der Waals surface area contributed by atoms with Crippen LogP contribution in [0.1, 0.15) is 20.8 Å². The number of aryl methyl sites for hydroxylation is 1. The summed E-state index contributed by atoms with van der Waals surface area (Å²) in [6.07, 6.45) is 0. The van der Waals surface area contributed by atoms with E-state index in [2.05, 4.69) is 0 Å². The van der Waals surface area contributed by atoms with E-state index in [-0.39, 0.29) is 5.78 Å². The number of benzene rings is 1. The SMILES string of the molecule is Cc1cc(N)ccc1C(=O)c1ccc(Cl)s1. The highest BCUT2D eigenvalue weighted by Gasteiger charge is 2.13. The average Bonchev–Trinajstić information content (AvgIpc) is 2.64. The van der Waals surface area contributed by atoms with Crippen LogP contribution in [0.5, 0.6) is 0 Å². The summed E-state index contributed by atoms with van der Waals surface area (Å²) in [7, 11) is 0.